The minimum atomic E-state index is -1.64. The average molecular weight is 415 g/mol. The predicted octanol–water partition coefficient (Wildman–Crippen LogP) is 7.37. The molecule has 0 saturated carbocycles. The van der Waals surface area contributed by atoms with E-state index in [0.29, 0.717) is 16.6 Å². The highest BCUT2D eigenvalue weighted by atomic mass is 79.9. The maximum Gasteiger partial charge on any atom is 0.146 e. The lowest BCUT2D eigenvalue weighted by Gasteiger charge is -2.38. The zero-order valence-corrected chi connectivity index (χ0v) is 19.0. The Kier molecular flexibility index (Phi) is 6.94. The van der Waals surface area contributed by atoms with E-state index in [2.05, 4.69) is 111 Å². The van der Waals surface area contributed by atoms with Crippen LogP contribution in [-0.2, 0) is 6.42 Å². The Balaban J connectivity index is 2.23. The van der Waals surface area contributed by atoms with E-state index in [4.69, 9.17) is 0 Å². The number of hydrogen-bond donors (Lipinski definition) is 0. The average Bonchev–Trinajstić information content (AvgIpc) is 2.54. The lowest BCUT2D eigenvalue weighted by atomic mass is 10.0. The van der Waals surface area contributed by atoms with Gasteiger partial charge in [0.1, 0.15) is 8.07 Å². The van der Waals surface area contributed by atoms with Crippen molar-refractivity contribution in [1.82, 2.24) is 0 Å². The summed E-state index contributed by atoms with van der Waals surface area (Å²) in [6.07, 6.45) is 0.955. The summed E-state index contributed by atoms with van der Waals surface area (Å²) in [5.74, 6) is 3.59. The first-order chi connectivity index (χ1) is 11.8. The summed E-state index contributed by atoms with van der Waals surface area (Å²) >= 11 is 3.83. The molecule has 0 aliphatic heterocycles. The van der Waals surface area contributed by atoms with Gasteiger partial charge in [0.25, 0.3) is 0 Å². The molecule has 1 atom stereocenters. The fourth-order valence-corrected chi connectivity index (χ4v) is 10.2. The molecule has 0 N–H and O–H groups in total. The first-order valence-corrected chi connectivity index (χ1v) is 12.6. The van der Waals surface area contributed by atoms with E-state index in [1.807, 2.05) is 0 Å². The number of alkyl halides is 1. The first kappa shape index (κ1) is 20.3. The Morgan fingerprint density at radius 2 is 1.40 bits per heavy atom. The van der Waals surface area contributed by atoms with Crippen molar-refractivity contribution < 1.29 is 0 Å². The third kappa shape index (κ3) is 4.57. The third-order valence-corrected chi connectivity index (χ3v) is 12.4. The number of fused-ring (bicyclic) bond motifs is 1. The molecule has 2 heteroatoms. The van der Waals surface area contributed by atoms with Gasteiger partial charge in [-0.1, -0.05) is 106 Å². The van der Waals surface area contributed by atoms with Crippen molar-refractivity contribution in [1.29, 1.82) is 0 Å². The molecular weight excluding hydrogens is 384 g/mol. The molecule has 0 radical (unpaired) electrons. The van der Waals surface area contributed by atoms with Crippen LogP contribution in [0.1, 0.15) is 47.1 Å². The van der Waals surface area contributed by atoms with E-state index < -0.39 is 8.07 Å². The first-order valence-electron chi connectivity index (χ1n) is 9.41. The van der Waals surface area contributed by atoms with Gasteiger partial charge in [0, 0.05) is 0 Å². The Labute approximate surface area is 163 Å². The molecular formula is C23H31BrSi. The zero-order chi connectivity index (χ0) is 18.6. The summed E-state index contributed by atoms with van der Waals surface area (Å²) < 4.78 is 0. The summed E-state index contributed by atoms with van der Waals surface area (Å²) in [5.41, 5.74) is 7.22. The Morgan fingerprint density at radius 3 is 1.96 bits per heavy atom. The summed E-state index contributed by atoms with van der Waals surface area (Å²) in [5, 5.41) is 2.61. The van der Waals surface area contributed by atoms with Crippen LogP contribution in [0, 0.1) is 11.5 Å². The normalized spacial score (nSPS) is 13.4. The molecule has 2 rings (SSSR count). The Hall–Kier alpha value is -1.04. The summed E-state index contributed by atoms with van der Waals surface area (Å²) in [4.78, 5) is 0.219. The molecule has 0 nitrogen and oxygen atoms in total. The van der Waals surface area contributed by atoms with E-state index >= 15 is 0 Å². The number of benzene rings is 2. The molecule has 134 valence electrons. The van der Waals surface area contributed by atoms with Gasteiger partial charge >= 0.3 is 0 Å². The molecule has 0 aromatic heterocycles. The monoisotopic (exact) mass is 414 g/mol. The molecule has 0 amide bonds. The topological polar surface area (TPSA) is 0 Å². The molecule has 0 fully saturated rings. The number of rotatable bonds is 5. The maximum absolute atomic E-state index is 3.83. The van der Waals surface area contributed by atoms with Gasteiger partial charge in [-0.25, -0.2) is 0 Å². The van der Waals surface area contributed by atoms with Gasteiger partial charge in [-0.15, -0.1) is 5.54 Å². The van der Waals surface area contributed by atoms with Crippen molar-refractivity contribution in [2.24, 2.45) is 0 Å². The van der Waals surface area contributed by atoms with Gasteiger partial charge in [-0.2, -0.15) is 0 Å². The van der Waals surface area contributed by atoms with Crippen molar-refractivity contribution in [3.8, 4) is 11.5 Å². The van der Waals surface area contributed by atoms with Crippen LogP contribution < -0.4 is 0 Å². The van der Waals surface area contributed by atoms with Gasteiger partial charge in [0.05, 0.1) is 4.83 Å². The molecule has 0 bridgehead atoms. The highest BCUT2D eigenvalue weighted by Crippen LogP contribution is 2.40. The molecule has 0 aliphatic rings. The van der Waals surface area contributed by atoms with Crippen molar-refractivity contribution in [2.75, 3.05) is 0 Å². The van der Waals surface area contributed by atoms with Gasteiger partial charge in [0.15, 0.2) is 0 Å². The van der Waals surface area contributed by atoms with Crippen LogP contribution in [0.2, 0.25) is 16.6 Å². The van der Waals surface area contributed by atoms with Crippen molar-refractivity contribution in [2.45, 2.75) is 69.4 Å². The van der Waals surface area contributed by atoms with Gasteiger partial charge in [-0.3, -0.25) is 0 Å². The zero-order valence-electron chi connectivity index (χ0n) is 16.4. The van der Waals surface area contributed by atoms with Gasteiger partial charge in [0.2, 0.25) is 0 Å². The standard InChI is InChI=1S/C23H31BrSi/c1-17(2)25(18(3)4,19(5)6)14-13-23(24)16-20-11-12-21-9-7-8-10-22(21)15-20/h7-12,15,17-19,23H,16H2,1-6H3. The van der Waals surface area contributed by atoms with E-state index in [-0.39, 0.29) is 4.83 Å². The van der Waals surface area contributed by atoms with Crippen molar-refractivity contribution >= 4 is 34.8 Å². The van der Waals surface area contributed by atoms with E-state index in [1.54, 1.807) is 0 Å². The molecule has 1 unspecified atom stereocenters. The molecule has 2 aromatic carbocycles. The summed E-state index contributed by atoms with van der Waals surface area (Å²) in [6, 6.07) is 15.3. The molecule has 2 aromatic rings. The highest BCUT2D eigenvalue weighted by molar-refractivity contribution is 9.09. The fourth-order valence-electron chi connectivity index (χ4n) is 4.26. The Bertz CT molecular complexity index is 742. The molecule has 0 aliphatic carbocycles. The quantitative estimate of drug-likeness (QED) is 0.272. The van der Waals surface area contributed by atoms with Crippen molar-refractivity contribution in [3.05, 3.63) is 48.0 Å². The second-order valence-corrected chi connectivity index (χ2v) is 14.7. The lowest BCUT2D eigenvalue weighted by molar-refractivity contribution is 0.838. The molecule has 0 heterocycles. The molecule has 25 heavy (non-hydrogen) atoms. The third-order valence-electron chi connectivity index (χ3n) is 5.54. The second-order valence-electron chi connectivity index (χ2n) is 8.02. The van der Waals surface area contributed by atoms with E-state index in [1.165, 1.54) is 16.3 Å². The van der Waals surface area contributed by atoms with E-state index in [0.717, 1.165) is 6.42 Å². The van der Waals surface area contributed by atoms with Crippen LogP contribution in [0.3, 0.4) is 0 Å². The van der Waals surface area contributed by atoms with Crippen molar-refractivity contribution in [3.63, 3.8) is 0 Å². The van der Waals surface area contributed by atoms with Gasteiger partial charge in [-0.05, 0) is 39.4 Å². The predicted molar refractivity (Wildman–Crippen MR) is 119 cm³/mol. The minimum absolute atomic E-state index is 0.219. The Morgan fingerprint density at radius 1 is 0.840 bits per heavy atom. The molecule has 0 spiro atoms. The van der Waals surface area contributed by atoms with Crippen LogP contribution in [0.5, 0.6) is 0 Å². The second kappa shape index (κ2) is 8.56. The number of hydrogen-bond acceptors (Lipinski definition) is 0. The van der Waals surface area contributed by atoms with Crippen LogP contribution in [0.25, 0.3) is 10.8 Å². The van der Waals surface area contributed by atoms with Crippen LogP contribution >= 0.6 is 15.9 Å². The van der Waals surface area contributed by atoms with Gasteiger partial charge < -0.3 is 0 Å². The van der Waals surface area contributed by atoms with Crippen LogP contribution in [0.15, 0.2) is 42.5 Å². The minimum Gasteiger partial charge on any atom is -0.129 e. The maximum atomic E-state index is 3.83. The lowest BCUT2D eigenvalue weighted by Crippen LogP contribution is -2.43. The number of halogens is 1. The van der Waals surface area contributed by atoms with Crippen LogP contribution in [-0.4, -0.2) is 12.9 Å². The van der Waals surface area contributed by atoms with E-state index in [9.17, 15) is 0 Å². The molecule has 0 saturated heterocycles. The fraction of sp³-hybridized carbons (Fsp3) is 0.478. The SMILES string of the molecule is CC(C)[Si](C#CC(Br)Cc1ccc2ccccc2c1)(C(C)C)C(C)C. The summed E-state index contributed by atoms with van der Waals surface area (Å²) in [7, 11) is -1.64. The summed E-state index contributed by atoms with van der Waals surface area (Å²) in [6.45, 7) is 14.2. The highest BCUT2D eigenvalue weighted by Gasteiger charge is 2.41. The largest absolute Gasteiger partial charge is 0.146 e. The van der Waals surface area contributed by atoms with Crippen LogP contribution in [0.4, 0.5) is 0 Å². The smallest absolute Gasteiger partial charge is 0.129 e.